The fraction of sp³-hybridized carbons (Fsp3) is 0.235. The Balaban J connectivity index is 1.90. The summed E-state index contributed by atoms with van der Waals surface area (Å²) in [5, 5.41) is 5.12. The Labute approximate surface area is 139 Å². The summed E-state index contributed by atoms with van der Waals surface area (Å²) in [5.41, 5.74) is 0.545. The van der Waals surface area contributed by atoms with Gasteiger partial charge in [0.15, 0.2) is 0 Å². The first-order valence-corrected chi connectivity index (χ1v) is 7.45. The average molecular weight is 330 g/mol. The highest BCUT2D eigenvalue weighted by Gasteiger charge is 2.15. The van der Waals surface area contributed by atoms with Crippen LogP contribution in [0.2, 0.25) is 0 Å². The Morgan fingerprint density at radius 1 is 1.08 bits per heavy atom. The maximum Gasteiger partial charge on any atom is 0.340 e. The number of nitrogens with one attached hydrogen (secondary N) is 2. The third-order valence-electron chi connectivity index (χ3n) is 3.06. The third-order valence-corrected chi connectivity index (χ3v) is 3.06. The smallest absolute Gasteiger partial charge is 0.340 e. The van der Waals surface area contributed by atoms with Gasteiger partial charge in [0.05, 0.1) is 30.7 Å². The Morgan fingerprint density at radius 2 is 1.88 bits per heavy atom. The summed E-state index contributed by atoms with van der Waals surface area (Å²) in [7, 11) is 0. The van der Waals surface area contributed by atoms with E-state index in [1.165, 1.54) is 6.26 Å². The van der Waals surface area contributed by atoms with E-state index in [-0.39, 0.29) is 25.1 Å². The zero-order chi connectivity index (χ0) is 17.4. The minimum Gasteiger partial charge on any atom is -0.467 e. The van der Waals surface area contributed by atoms with Crippen molar-refractivity contribution < 1.29 is 23.5 Å². The lowest BCUT2D eigenvalue weighted by Crippen LogP contribution is -2.28. The summed E-state index contributed by atoms with van der Waals surface area (Å²) < 4.78 is 10.0. The fourth-order valence-corrected chi connectivity index (χ4v) is 1.98. The van der Waals surface area contributed by atoms with Gasteiger partial charge in [0.2, 0.25) is 11.8 Å². The van der Waals surface area contributed by atoms with Crippen LogP contribution in [0.15, 0.2) is 47.1 Å². The van der Waals surface area contributed by atoms with Gasteiger partial charge >= 0.3 is 5.97 Å². The van der Waals surface area contributed by atoms with Gasteiger partial charge in [0.1, 0.15) is 12.2 Å². The molecule has 0 aliphatic carbocycles. The molecule has 126 valence electrons. The van der Waals surface area contributed by atoms with Gasteiger partial charge in [-0.15, -0.1) is 0 Å². The second-order valence-corrected chi connectivity index (χ2v) is 4.85. The minimum atomic E-state index is -0.532. The van der Waals surface area contributed by atoms with E-state index in [0.29, 0.717) is 11.4 Å². The van der Waals surface area contributed by atoms with Crippen LogP contribution in [0.25, 0.3) is 0 Å². The van der Waals surface area contributed by atoms with Crippen LogP contribution in [0.4, 0.5) is 5.69 Å². The van der Waals surface area contributed by atoms with E-state index in [4.69, 9.17) is 9.15 Å². The molecule has 2 amide bonds. The summed E-state index contributed by atoms with van der Waals surface area (Å²) in [6.07, 6.45) is 1.14. The van der Waals surface area contributed by atoms with Crippen LogP contribution in [0.3, 0.4) is 0 Å². The zero-order valence-corrected chi connectivity index (χ0v) is 13.2. The molecule has 0 aliphatic rings. The largest absolute Gasteiger partial charge is 0.467 e. The first kappa shape index (κ1) is 17.3. The molecule has 0 fully saturated rings. The Morgan fingerprint density at radius 3 is 2.58 bits per heavy atom. The highest BCUT2D eigenvalue weighted by atomic mass is 16.5. The molecule has 0 spiro atoms. The van der Waals surface area contributed by atoms with Crippen molar-refractivity contribution >= 4 is 23.5 Å². The molecule has 0 atom stereocenters. The number of furan rings is 1. The van der Waals surface area contributed by atoms with Crippen molar-refractivity contribution in [1.29, 1.82) is 0 Å². The monoisotopic (exact) mass is 330 g/mol. The number of carbonyl (C=O) groups is 3. The van der Waals surface area contributed by atoms with Crippen LogP contribution < -0.4 is 10.6 Å². The molecule has 0 saturated heterocycles. The Hall–Kier alpha value is -3.09. The standard InChI is InChI=1S/C17H18N2O5/c1-2-23-17(22)13-7-3-4-8-14(13)19-16(21)10-15(20)18-11-12-6-5-9-24-12/h3-9H,2,10-11H2,1H3,(H,18,20)(H,19,21). The van der Waals surface area contributed by atoms with Crippen LogP contribution in [0.1, 0.15) is 29.5 Å². The molecule has 24 heavy (non-hydrogen) atoms. The lowest BCUT2D eigenvalue weighted by Gasteiger charge is -2.10. The van der Waals surface area contributed by atoms with Crippen LogP contribution in [-0.4, -0.2) is 24.4 Å². The molecule has 2 rings (SSSR count). The van der Waals surface area contributed by atoms with Crippen molar-refractivity contribution in [2.45, 2.75) is 19.9 Å². The molecule has 7 heteroatoms. The van der Waals surface area contributed by atoms with Gasteiger partial charge < -0.3 is 19.8 Å². The van der Waals surface area contributed by atoms with Crippen molar-refractivity contribution in [3.8, 4) is 0 Å². The van der Waals surface area contributed by atoms with Crippen molar-refractivity contribution in [1.82, 2.24) is 5.32 Å². The first-order chi connectivity index (χ1) is 11.6. The number of rotatable bonds is 7. The number of esters is 1. The predicted octanol–water partition coefficient (Wildman–Crippen LogP) is 2.10. The highest BCUT2D eigenvalue weighted by molar-refractivity contribution is 6.06. The summed E-state index contributed by atoms with van der Waals surface area (Å²) in [4.78, 5) is 35.6. The lowest BCUT2D eigenvalue weighted by molar-refractivity contribution is -0.127. The Kier molecular flexibility index (Phi) is 6.13. The van der Waals surface area contributed by atoms with Crippen molar-refractivity contribution in [2.75, 3.05) is 11.9 Å². The van der Waals surface area contributed by atoms with Gasteiger partial charge in [0.25, 0.3) is 0 Å². The van der Waals surface area contributed by atoms with Crippen molar-refractivity contribution in [3.05, 3.63) is 54.0 Å². The molecule has 0 aliphatic heterocycles. The van der Waals surface area contributed by atoms with E-state index in [2.05, 4.69) is 10.6 Å². The normalized spacial score (nSPS) is 10.0. The molecule has 0 bridgehead atoms. The van der Waals surface area contributed by atoms with E-state index in [9.17, 15) is 14.4 Å². The lowest BCUT2D eigenvalue weighted by atomic mass is 10.1. The van der Waals surface area contributed by atoms with E-state index in [0.717, 1.165) is 0 Å². The number of carbonyl (C=O) groups excluding carboxylic acids is 3. The molecule has 1 aromatic heterocycles. The zero-order valence-electron chi connectivity index (χ0n) is 13.2. The van der Waals surface area contributed by atoms with Gasteiger partial charge in [-0.1, -0.05) is 12.1 Å². The van der Waals surface area contributed by atoms with Crippen molar-refractivity contribution in [3.63, 3.8) is 0 Å². The molecule has 0 radical (unpaired) electrons. The summed E-state index contributed by atoms with van der Waals surface area (Å²) >= 11 is 0. The second-order valence-electron chi connectivity index (χ2n) is 4.85. The van der Waals surface area contributed by atoms with Crippen LogP contribution in [0, 0.1) is 0 Å². The minimum absolute atomic E-state index is 0.207. The quantitative estimate of drug-likeness (QED) is 0.598. The van der Waals surface area contributed by atoms with E-state index in [1.54, 1.807) is 43.3 Å². The molecule has 2 N–H and O–H groups in total. The van der Waals surface area contributed by atoms with Gasteiger partial charge in [-0.05, 0) is 31.2 Å². The predicted molar refractivity (Wildman–Crippen MR) is 86.2 cm³/mol. The maximum atomic E-state index is 12.0. The molecular weight excluding hydrogens is 312 g/mol. The average Bonchev–Trinajstić information content (AvgIpc) is 3.07. The maximum absolute atomic E-state index is 12.0. The molecule has 0 saturated carbocycles. The molecule has 0 unspecified atom stereocenters. The molecule has 1 heterocycles. The first-order valence-electron chi connectivity index (χ1n) is 7.45. The molecule has 1 aromatic carbocycles. The number of ether oxygens (including phenoxy) is 1. The van der Waals surface area contributed by atoms with E-state index >= 15 is 0 Å². The number of hydrogen-bond donors (Lipinski definition) is 2. The van der Waals surface area contributed by atoms with E-state index in [1.807, 2.05) is 0 Å². The summed E-state index contributed by atoms with van der Waals surface area (Å²) in [6, 6.07) is 9.89. The van der Waals surface area contributed by atoms with Crippen molar-refractivity contribution in [2.24, 2.45) is 0 Å². The van der Waals surface area contributed by atoms with Gasteiger partial charge in [-0.3, -0.25) is 9.59 Å². The number of anilines is 1. The fourth-order valence-electron chi connectivity index (χ4n) is 1.98. The SMILES string of the molecule is CCOC(=O)c1ccccc1NC(=O)CC(=O)NCc1ccco1. The molecular formula is C17H18N2O5. The second kappa shape index (κ2) is 8.52. The summed E-state index contributed by atoms with van der Waals surface area (Å²) in [6.45, 7) is 2.14. The number of benzene rings is 1. The Bertz CT molecular complexity index is 710. The van der Waals surface area contributed by atoms with E-state index < -0.39 is 17.8 Å². The van der Waals surface area contributed by atoms with Gasteiger partial charge in [0, 0.05) is 0 Å². The van der Waals surface area contributed by atoms with Crippen LogP contribution in [-0.2, 0) is 20.9 Å². The molecule has 7 nitrogen and oxygen atoms in total. The number of amides is 2. The molecule has 2 aromatic rings. The highest BCUT2D eigenvalue weighted by Crippen LogP contribution is 2.16. The van der Waals surface area contributed by atoms with Crippen LogP contribution >= 0.6 is 0 Å². The topological polar surface area (TPSA) is 97.6 Å². The third kappa shape index (κ3) is 4.98. The summed E-state index contributed by atoms with van der Waals surface area (Å²) in [5.74, 6) is -0.909. The van der Waals surface area contributed by atoms with Crippen LogP contribution in [0.5, 0.6) is 0 Å². The number of hydrogen-bond acceptors (Lipinski definition) is 5. The van der Waals surface area contributed by atoms with Gasteiger partial charge in [-0.25, -0.2) is 4.79 Å². The van der Waals surface area contributed by atoms with Gasteiger partial charge in [-0.2, -0.15) is 0 Å². The number of para-hydroxylation sites is 1.